The molecule has 2 aromatic heterocycles. The number of hydrogen-bond donors (Lipinski definition) is 2. The molecule has 0 aliphatic carbocycles. The number of benzene rings is 1. The van der Waals surface area contributed by atoms with Crippen molar-refractivity contribution >= 4 is 22.6 Å². The highest BCUT2D eigenvalue weighted by Gasteiger charge is 2.48. The van der Waals surface area contributed by atoms with Gasteiger partial charge in [0.1, 0.15) is 35.5 Å². The fourth-order valence-corrected chi connectivity index (χ4v) is 4.39. The highest BCUT2D eigenvalue weighted by atomic mass is 19.4. The van der Waals surface area contributed by atoms with Crippen molar-refractivity contribution in [1.29, 1.82) is 0 Å². The first-order chi connectivity index (χ1) is 15.2. The highest BCUT2D eigenvalue weighted by molar-refractivity contribution is 5.98. The number of amides is 1. The lowest BCUT2D eigenvalue weighted by Crippen LogP contribution is -2.39. The van der Waals surface area contributed by atoms with Crippen LogP contribution >= 0.6 is 0 Å². The zero-order valence-electron chi connectivity index (χ0n) is 16.5. The summed E-state index contributed by atoms with van der Waals surface area (Å²) in [6.07, 6.45) is -5.44. The quantitative estimate of drug-likeness (QED) is 0.582. The van der Waals surface area contributed by atoms with Gasteiger partial charge in [-0.2, -0.15) is 18.3 Å². The molecule has 32 heavy (non-hydrogen) atoms. The summed E-state index contributed by atoms with van der Waals surface area (Å²) in [5, 5.41) is 9.91. The molecule has 0 saturated carbocycles. The van der Waals surface area contributed by atoms with Crippen LogP contribution in [0.2, 0.25) is 0 Å². The van der Waals surface area contributed by atoms with Crippen molar-refractivity contribution in [3.05, 3.63) is 35.9 Å². The van der Waals surface area contributed by atoms with E-state index < -0.39 is 42.5 Å². The Morgan fingerprint density at radius 3 is 2.72 bits per heavy atom. The van der Waals surface area contributed by atoms with Gasteiger partial charge in [0.05, 0.1) is 17.5 Å². The maximum atomic E-state index is 14.7. The summed E-state index contributed by atoms with van der Waals surface area (Å²) in [6, 6.07) is 3.08. The van der Waals surface area contributed by atoms with Gasteiger partial charge in [0.15, 0.2) is 0 Å². The average Bonchev–Trinajstić information content (AvgIpc) is 3.10. The van der Waals surface area contributed by atoms with E-state index in [1.807, 2.05) is 0 Å². The number of nitrogens with one attached hydrogen (secondary N) is 2. The van der Waals surface area contributed by atoms with Crippen LogP contribution in [0.15, 0.2) is 24.5 Å². The van der Waals surface area contributed by atoms with Gasteiger partial charge in [-0.1, -0.05) is 0 Å². The zero-order valence-corrected chi connectivity index (χ0v) is 16.5. The Kier molecular flexibility index (Phi) is 4.84. The van der Waals surface area contributed by atoms with Crippen molar-refractivity contribution in [3.8, 4) is 11.4 Å². The molecule has 0 radical (unpaired) electrons. The molecule has 168 valence electrons. The molecule has 4 heterocycles. The zero-order chi connectivity index (χ0) is 22.6. The van der Waals surface area contributed by atoms with E-state index in [4.69, 9.17) is 0 Å². The van der Waals surface area contributed by atoms with E-state index in [9.17, 15) is 26.7 Å². The Morgan fingerprint density at radius 2 is 1.97 bits per heavy atom. The molecule has 0 bridgehead atoms. The van der Waals surface area contributed by atoms with Gasteiger partial charge in [0, 0.05) is 23.9 Å². The molecule has 1 saturated heterocycles. The van der Waals surface area contributed by atoms with E-state index in [-0.39, 0.29) is 34.7 Å². The number of halogens is 5. The average molecular weight is 452 g/mol. The van der Waals surface area contributed by atoms with Crippen LogP contribution < -0.4 is 10.6 Å². The van der Waals surface area contributed by atoms with Crippen molar-refractivity contribution in [2.75, 3.05) is 18.4 Å². The van der Waals surface area contributed by atoms with Gasteiger partial charge >= 0.3 is 6.18 Å². The van der Waals surface area contributed by atoms with Crippen LogP contribution in [0.5, 0.6) is 0 Å². The fourth-order valence-electron chi connectivity index (χ4n) is 4.39. The molecular weight excluding hydrogens is 435 g/mol. The molecule has 7 nitrogen and oxygen atoms in total. The van der Waals surface area contributed by atoms with Crippen LogP contribution in [0.4, 0.5) is 27.8 Å². The molecule has 3 atom stereocenters. The number of hydrogen-bond acceptors (Lipinski definition) is 5. The Morgan fingerprint density at radius 1 is 1.16 bits per heavy atom. The topological polar surface area (TPSA) is 84.7 Å². The van der Waals surface area contributed by atoms with Gasteiger partial charge in [0.25, 0.3) is 0 Å². The lowest BCUT2D eigenvalue weighted by Gasteiger charge is -2.28. The molecule has 2 aliphatic rings. The second kappa shape index (κ2) is 7.47. The number of carbonyl (C=O) groups is 1. The second-order valence-corrected chi connectivity index (χ2v) is 7.86. The molecule has 3 aromatic rings. The summed E-state index contributed by atoms with van der Waals surface area (Å²) in [6.45, 7) is 0.641. The number of nitrogens with zero attached hydrogens (tertiary/aromatic N) is 4. The first kappa shape index (κ1) is 20.7. The first-order valence-corrected chi connectivity index (χ1v) is 9.98. The second-order valence-electron chi connectivity index (χ2n) is 7.86. The maximum absolute atomic E-state index is 14.7. The van der Waals surface area contributed by atoms with E-state index in [2.05, 4.69) is 25.7 Å². The van der Waals surface area contributed by atoms with E-state index in [1.54, 1.807) is 0 Å². The largest absolute Gasteiger partial charge is 0.396 e. The fraction of sp³-hybridized carbons (Fsp3) is 0.400. The van der Waals surface area contributed by atoms with Gasteiger partial charge in [-0.05, 0) is 31.2 Å². The van der Waals surface area contributed by atoms with Crippen LogP contribution in [0, 0.1) is 5.82 Å². The number of alkyl halides is 4. The third kappa shape index (κ3) is 3.38. The Balaban J connectivity index is 1.76. The van der Waals surface area contributed by atoms with Crippen LogP contribution in [0.25, 0.3) is 22.3 Å². The summed E-state index contributed by atoms with van der Waals surface area (Å²) in [7, 11) is 0. The summed E-state index contributed by atoms with van der Waals surface area (Å²) >= 11 is 0. The van der Waals surface area contributed by atoms with Gasteiger partial charge in [-0.3, -0.25) is 9.48 Å². The SMILES string of the molecule is O=C1C[C@@H](C(F)(F)F)c2c(ncnc2-c2nn([C@H]3CCNC[C@H]3F)c3ccc(F)cc23)N1. The molecule has 0 unspecified atom stereocenters. The summed E-state index contributed by atoms with van der Waals surface area (Å²) in [4.78, 5) is 19.7. The lowest BCUT2D eigenvalue weighted by atomic mass is 9.89. The maximum Gasteiger partial charge on any atom is 0.396 e. The number of anilines is 1. The van der Waals surface area contributed by atoms with E-state index in [1.165, 1.54) is 16.8 Å². The smallest absolute Gasteiger partial charge is 0.314 e. The van der Waals surface area contributed by atoms with E-state index >= 15 is 0 Å². The van der Waals surface area contributed by atoms with Crippen molar-refractivity contribution in [2.24, 2.45) is 0 Å². The summed E-state index contributed by atoms with van der Waals surface area (Å²) in [5.41, 5.74) is -0.144. The Bertz CT molecular complexity index is 1210. The predicted octanol–water partition coefficient (Wildman–Crippen LogP) is 3.49. The van der Waals surface area contributed by atoms with Crippen LogP contribution in [-0.4, -0.2) is 51.1 Å². The van der Waals surface area contributed by atoms with Gasteiger partial charge in [-0.25, -0.2) is 18.7 Å². The monoisotopic (exact) mass is 452 g/mol. The minimum absolute atomic E-state index is 0.0192. The Labute approximate surface area is 178 Å². The minimum Gasteiger partial charge on any atom is -0.314 e. The van der Waals surface area contributed by atoms with Crippen LogP contribution in [-0.2, 0) is 4.79 Å². The lowest BCUT2D eigenvalue weighted by molar-refractivity contribution is -0.156. The number of carbonyl (C=O) groups excluding carboxylic acids is 1. The number of rotatable bonds is 2. The number of aromatic nitrogens is 4. The van der Waals surface area contributed by atoms with E-state index in [0.29, 0.717) is 18.5 Å². The van der Waals surface area contributed by atoms with Crippen LogP contribution in [0.1, 0.15) is 30.4 Å². The number of piperidine rings is 1. The number of fused-ring (bicyclic) bond motifs is 2. The molecule has 2 N–H and O–H groups in total. The van der Waals surface area contributed by atoms with Crippen LogP contribution in [0.3, 0.4) is 0 Å². The first-order valence-electron chi connectivity index (χ1n) is 9.98. The van der Waals surface area contributed by atoms with Gasteiger partial charge in [-0.15, -0.1) is 0 Å². The van der Waals surface area contributed by atoms with Crippen molar-refractivity contribution in [1.82, 2.24) is 25.1 Å². The normalized spacial score (nSPS) is 23.8. The molecule has 0 spiro atoms. The molecule has 5 rings (SSSR count). The van der Waals surface area contributed by atoms with Gasteiger partial charge < -0.3 is 10.6 Å². The molecule has 1 aromatic carbocycles. The molecule has 12 heteroatoms. The summed E-state index contributed by atoms with van der Waals surface area (Å²) < 4.78 is 71.7. The molecule has 2 aliphatic heterocycles. The predicted molar refractivity (Wildman–Crippen MR) is 104 cm³/mol. The molecular formula is C20H17F5N6O. The third-order valence-corrected chi connectivity index (χ3v) is 5.86. The Hall–Kier alpha value is -3.15. The van der Waals surface area contributed by atoms with Gasteiger partial charge in [0.2, 0.25) is 5.91 Å². The highest BCUT2D eigenvalue weighted by Crippen LogP contribution is 2.47. The third-order valence-electron chi connectivity index (χ3n) is 5.86. The van der Waals surface area contributed by atoms with Crippen molar-refractivity contribution in [3.63, 3.8) is 0 Å². The minimum atomic E-state index is -4.74. The van der Waals surface area contributed by atoms with E-state index in [0.717, 1.165) is 12.4 Å². The van der Waals surface area contributed by atoms with Crippen molar-refractivity contribution < 1.29 is 26.7 Å². The summed E-state index contributed by atoms with van der Waals surface area (Å²) in [5.74, 6) is -3.85. The molecule has 1 fully saturated rings. The van der Waals surface area contributed by atoms with Crippen molar-refractivity contribution in [2.45, 2.75) is 37.1 Å². The molecule has 1 amide bonds. The standard InChI is InChI=1S/C20H17F5N6O/c21-9-1-2-13-10(5-9)17(30-31(13)14-3-4-26-7-12(14)22)18-16-11(20(23,24)25)6-15(32)29-19(16)28-8-27-18/h1-2,5,8,11-12,14,26H,3-4,6-7H2,(H,27,28,29,32)/t11-,12-,14+/m1/s1.